The fraction of sp³-hybridized carbons (Fsp3) is 0.200. The standard InChI is InChI=1S/C15H15ClFNO4S/c1-21-13-5-3-10(7-14(13)22-2)9-18-23(19,20)15-6-4-11(17)8-12(15)16/h3-8,18H,9H2,1-2H3. The molecule has 0 heterocycles. The Morgan fingerprint density at radius 1 is 1.09 bits per heavy atom. The van der Waals surface area contributed by atoms with E-state index in [-0.39, 0.29) is 16.5 Å². The summed E-state index contributed by atoms with van der Waals surface area (Å²) in [5.41, 5.74) is 0.671. The summed E-state index contributed by atoms with van der Waals surface area (Å²) in [6, 6.07) is 8.15. The molecule has 0 bridgehead atoms. The van der Waals surface area contributed by atoms with Crippen molar-refractivity contribution >= 4 is 21.6 Å². The molecular weight excluding hydrogens is 345 g/mol. The van der Waals surface area contributed by atoms with Crippen LogP contribution < -0.4 is 14.2 Å². The number of sulfonamides is 1. The minimum Gasteiger partial charge on any atom is -0.493 e. The molecule has 0 fully saturated rings. The molecule has 5 nitrogen and oxygen atoms in total. The molecule has 1 N–H and O–H groups in total. The Bertz CT molecular complexity index is 811. The maximum Gasteiger partial charge on any atom is 0.242 e. The number of rotatable bonds is 6. The Morgan fingerprint density at radius 2 is 1.78 bits per heavy atom. The van der Waals surface area contributed by atoms with Gasteiger partial charge in [-0.25, -0.2) is 17.5 Å². The second-order valence-electron chi connectivity index (χ2n) is 4.59. The van der Waals surface area contributed by atoms with Crippen LogP contribution in [0.2, 0.25) is 5.02 Å². The summed E-state index contributed by atoms with van der Waals surface area (Å²) in [5, 5.41) is -0.176. The van der Waals surface area contributed by atoms with E-state index in [1.165, 1.54) is 14.2 Å². The van der Waals surface area contributed by atoms with Crippen molar-refractivity contribution in [2.75, 3.05) is 14.2 Å². The lowest BCUT2D eigenvalue weighted by Crippen LogP contribution is -2.23. The largest absolute Gasteiger partial charge is 0.493 e. The molecule has 0 amide bonds. The van der Waals surface area contributed by atoms with Crippen molar-refractivity contribution in [2.45, 2.75) is 11.4 Å². The Kier molecular flexibility index (Phi) is 5.46. The zero-order chi connectivity index (χ0) is 17.0. The highest BCUT2D eigenvalue weighted by Gasteiger charge is 2.18. The number of benzene rings is 2. The van der Waals surface area contributed by atoms with E-state index in [9.17, 15) is 12.8 Å². The summed E-state index contributed by atoms with van der Waals surface area (Å²) in [5.74, 6) is 0.429. The lowest BCUT2D eigenvalue weighted by Gasteiger charge is -2.11. The molecule has 0 aliphatic rings. The molecule has 0 unspecified atom stereocenters. The van der Waals surface area contributed by atoms with Crippen molar-refractivity contribution in [1.29, 1.82) is 0 Å². The van der Waals surface area contributed by atoms with Gasteiger partial charge >= 0.3 is 0 Å². The first-order valence-corrected chi connectivity index (χ1v) is 8.39. The van der Waals surface area contributed by atoms with Gasteiger partial charge in [0.05, 0.1) is 19.2 Å². The van der Waals surface area contributed by atoms with E-state index < -0.39 is 15.8 Å². The van der Waals surface area contributed by atoms with Crippen LogP contribution in [0.15, 0.2) is 41.3 Å². The van der Waals surface area contributed by atoms with Crippen LogP contribution in [0.4, 0.5) is 4.39 Å². The van der Waals surface area contributed by atoms with E-state index in [0.717, 1.165) is 18.2 Å². The van der Waals surface area contributed by atoms with E-state index in [0.29, 0.717) is 17.1 Å². The summed E-state index contributed by atoms with van der Waals surface area (Å²) < 4.78 is 50.2. The van der Waals surface area contributed by atoms with E-state index in [1.807, 2.05) is 0 Å². The molecule has 0 radical (unpaired) electrons. The van der Waals surface area contributed by atoms with E-state index in [2.05, 4.69) is 4.72 Å². The quantitative estimate of drug-likeness (QED) is 0.861. The van der Waals surface area contributed by atoms with Gasteiger partial charge in [0.25, 0.3) is 0 Å². The van der Waals surface area contributed by atoms with Gasteiger partial charge in [-0.2, -0.15) is 0 Å². The number of hydrogen-bond donors (Lipinski definition) is 1. The summed E-state index contributed by atoms with van der Waals surface area (Å²) in [7, 11) is -0.861. The lowest BCUT2D eigenvalue weighted by atomic mass is 10.2. The molecular formula is C15H15ClFNO4S. The predicted molar refractivity (Wildman–Crippen MR) is 85.0 cm³/mol. The first-order chi connectivity index (χ1) is 10.9. The van der Waals surface area contributed by atoms with Crippen LogP contribution in [-0.2, 0) is 16.6 Å². The third-order valence-corrected chi connectivity index (χ3v) is 4.98. The van der Waals surface area contributed by atoms with Crippen molar-refractivity contribution in [2.24, 2.45) is 0 Å². The van der Waals surface area contributed by atoms with Crippen molar-refractivity contribution < 1.29 is 22.3 Å². The van der Waals surface area contributed by atoms with Gasteiger partial charge in [-0.05, 0) is 35.9 Å². The fourth-order valence-electron chi connectivity index (χ4n) is 1.94. The third-order valence-electron chi connectivity index (χ3n) is 3.10. The number of hydrogen-bond acceptors (Lipinski definition) is 4. The lowest BCUT2D eigenvalue weighted by molar-refractivity contribution is 0.354. The maximum absolute atomic E-state index is 13.0. The molecule has 0 aliphatic heterocycles. The summed E-state index contributed by atoms with van der Waals surface area (Å²) in [4.78, 5) is -0.180. The molecule has 8 heteroatoms. The highest BCUT2D eigenvalue weighted by molar-refractivity contribution is 7.89. The van der Waals surface area contributed by atoms with Gasteiger partial charge < -0.3 is 9.47 Å². The van der Waals surface area contributed by atoms with Crippen LogP contribution in [0.1, 0.15) is 5.56 Å². The highest BCUT2D eigenvalue weighted by atomic mass is 35.5. The zero-order valence-corrected chi connectivity index (χ0v) is 14.0. The van der Waals surface area contributed by atoms with Gasteiger partial charge in [0.15, 0.2) is 11.5 Å². The first-order valence-electron chi connectivity index (χ1n) is 6.53. The predicted octanol–water partition coefficient (Wildman–Crippen LogP) is 2.97. The second kappa shape index (κ2) is 7.16. The average Bonchev–Trinajstić information content (AvgIpc) is 2.52. The fourth-order valence-corrected chi connectivity index (χ4v) is 3.49. The normalized spacial score (nSPS) is 11.3. The van der Waals surface area contributed by atoms with E-state index in [1.54, 1.807) is 18.2 Å². The molecule has 0 saturated heterocycles. The molecule has 0 saturated carbocycles. The van der Waals surface area contributed by atoms with Gasteiger partial charge in [0.1, 0.15) is 10.7 Å². The second-order valence-corrected chi connectivity index (χ2v) is 6.73. The minimum absolute atomic E-state index is 0.0242. The monoisotopic (exact) mass is 359 g/mol. The van der Waals surface area contributed by atoms with Gasteiger partial charge in [-0.15, -0.1) is 0 Å². The van der Waals surface area contributed by atoms with Crippen LogP contribution in [-0.4, -0.2) is 22.6 Å². The van der Waals surface area contributed by atoms with Gasteiger partial charge in [0.2, 0.25) is 10.0 Å². The number of halogens is 2. The third kappa shape index (κ3) is 4.13. The van der Waals surface area contributed by atoms with Crippen molar-refractivity contribution in [1.82, 2.24) is 4.72 Å². The Balaban J connectivity index is 2.19. The Labute approximate surface area is 139 Å². The summed E-state index contributed by atoms with van der Waals surface area (Å²) in [6.45, 7) is 0.0242. The highest BCUT2D eigenvalue weighted by Crippen LogP contribution is 2.28. The van der Waals surface area contributed by atoms with Crippen LogP contribution >= 0.6 is 11.6 Å². The zero-order valence-electron chi connectivity index (χ0n) is 12.5. The number of nitrogens with one attached hydrogen (secondary N) is 1. The van der Waals surface area contributed by atoms with Crippen LogP contribution in [0.3, 0.4) is 0 Å². The van der Waals surface area contributed by atoms with Crippen LogP contribution in [0.5, 0.6) is 11.5 Å². The van der Waals surface area contributed by atoms with Crippen molar-refractivity contribution in [3.8, 4) is 11.5 Å². The smallest absolute Gasteiger partial charge is 0.242 e. The van der Waals surface area contributed by atoms with Crippen LogP contribution in [0, 0.1) is 5.82 Å². The Hall–Kier alpha value is -1.83. The van der Waals surface area contributed by atoms with Gasteiger partial charge in [-0.1, -0.05) is 17.7 Å². The maximum atomic E-state index is 13.0. The number of methoxy groups -OCH3 is 2. The first kappa shape index (κ1) is 17.5. The molecule has 0 aromatic heterocycles. The molecule has 2 aromatic rings. The summed E-state index contributed by atoms with van der Waals surface area (Å²) in [6.07, 6.45) is 0. The Morgan fingerprint density at radius 3 is 2.39 bits per heavy atom. The van der Waals surface area contributed by atoms with Gasteiger partial charge in [-0.3, -0.25) is 0 Å². The van der Waals surface area contributed by atoms with Gasteiger partial charge in [0, 0.05) is 6.54 Å². The van der Waals surface area contributed by atoms with Crippen LogP contribution in [0.25, 0.3) is 0 Å². The van der Waals surface area contributed by atoms with Crippen molar-refractivity contribution in [3.05, 3.63) is 52.8 Å². The molecule has 2 aromatic carbocycles. The van der Waals surface area contributed by atoms with E-state index >= 15 is 0 Å². The molecule has 2 rings (SSSR count). The number of ether oxygens (including phenoxy) is 2. The average molecular weight is 360 g/mol. The molecule has 23 heavy (non-hydrogen) atoms. The summed E-state index contributed by atoms with van der Waals surface area (Å²) >= 11 is 5.79. The van der Waals surface area contributed by atoms with Crippen molar-refractivity contribution in [3.63, 3.8) is 0 Å². The van der Waals surface area contributed by atoms with E-state index in [4.69, 9.17) is 21.1 Å². The minimum atomic E-state index is -3.86. The SMILES string of the molecule is COc1ccc(CNS(=O)(=O)c2ccc(F)cc2Cl)cc1OC. The molecule has 124 valence electrons. The topological polar surface area (TPSA) is 64.6 Å². The molecule has 0 aliphatic carbocycles. The molecule has 0 atom stereocenters. The molecule has 0 spiro atoms.